The van der Waals surface area contributed by atoms with Crippen LogP contribution in [0.25, 0.3) is 0 Å². The van der Waals surface area contributed by atoms with Gasteiger partial charge >= 0.3 is 5.69 Å². The highest BCUT2D eigenvalue weighted by atomic mass is 16.2. The number of fused-ring (bicyclic) bond motifs is 1. The Morgan fingerprint density at radius 2 is 1.92 bits per heavy atom. The average molecular weight is 355 g/mol. The number of hydrogen-bond donors (Lipinski definition) is 0. The van der Waals surface area contributed by atoms with E-state index in [9.17, 15) is 14.4 Å². The van der Waals surface area contributed by atoms with Crippen molar-refractivity contribution in [3.05, 3.63) is 52.2 Å². The Hall–Kier alpha value is -2.90. The molecule has 2 aliphatic rings. The second-order valence-corrected chi connectivity index (χ2v) is 6.78. The molecule has 0 saturated carbocycles. The van der Waals surface area contributed by atoms with Crippen molar-refractivity contribution in [1.29, 1.82) is 0 Å². The molecule has 0 unspecified atom stereocenters. The summed E-state index contributed by atoms with van der Waals surface area (Å²) in [6.45, 7) is 1.31. The topological polar surface area (TPSA) is 80.4 Å². The van der Waals surface area contributed by atoms with Crippen LogP contribution >= 0.6 is 0 Å². The van der Waals surface area contributed by atoms with Gasteiger partial charge in [0.15, 0.2) is 0 Å². The second kappa shape index (κ2) is 6.78. The van der Waals surface area contributed by atoms with Gasteiger partial charge in [-0.15, -0.1) is 0 Å². The molecule has 4 rings (SSSR count). The molecular formula is C18H21N5O3. The number of rotatable bonds is 4. The van der Waals surface area contributed by atoms with E-state index in [0.29, 0.717) is 13.1 Å². The predicted octanol–water partition coefficient (Wildman–Crippen LogP) is 0.210. The maximum absolute atomic E-state index is 12.6. The standard InChI is InChI=1S/C18H21N5O3/c24-16-11-21(13-20(16)10-14-6-2-1-3-7-14)17(25)12-23-18(26)22-9-5-4-8-15(22)19-23/h1-3,6-7H,4-5,8-13H2. The van der Waals surface area contributed by atoms with Gasteiger partial charge in [-0.2, -0.15) is 5.10 Å². The summed E-state index contributed by atoms with van der Waals surface area (Å²) in [6, 6.07) is 9.67. The molecule has 2 aromatic rings. The molecule has 2 amide bonds. The quantitative estimate of drug-likeness (QED) is 0.785. The number of aryl methyl sites for hydroxylation is 1. The van der Waals surface area contributed by atoms with Crippen LogP contribution in [-0.2, 0) is 35.6 Å². The van der Waals surface area contributed by atoms with Crippen LogP contribution in [0.5, 0.6) is 0 Å². The smallest absolute Gasteiger partial charge is 0.319 e. The monoisotopic (exact) mass is 355 g/mol. The summed E-state index contributed by atoms with van der Waals surface area (Å²) in [5, 5.41) is 4.29. The van der Waals surface area contributed by atoms with Crippen LogP contribution in [0.15, 0.2) is 35.1 Å². The van der Waals surface area contributed by atoms with E-state index < -0.39 is 0 Å². The van der Waals surface area contributed by atoms with E-state index in [1.165, 1.54) is 9.58 Å². The third kappa shape index (κ3) is 3.14. The first kappa shape index (κ1) is 16.6. The minimum Gasteiger partial charge on any atom is -0.319 e. The van der Waals surface area contributed by atoms with Crippen LogP contribution in [0, 0.1) is 0 Å². The van der Waals surface area contributed by atoms with Crippen molar-refractivity contribution in [3.8, 4) is 0 Å². The van der Waals surface area contributed by atoms with Gasteiger partial charge < -0.3 is 9.80 Å². The van der Waals surface area contributed by atoms with Crippen molar-refractivity contribution in [1.82, 2.24) is 24.1 Å². The molecule has 0 atom stereocenters. The highest BCUT2D eigenvalue weighted by Gasteiger charge is 2.31. The van der Waals surface area contributed by atoms with Crippen LogP contribution < -0.4 is 5.69 Å². The molecule has 8 heteroatoms. The van der Waals surface area contributed by atoms with E-state index in [4.69, 9.17) is 0 Å². The number of amides is 2. The summed E-state index contributed by atoms with van der Waals surface area (Å²) < 4.78 is 2.88. The number of carbonyl (C=O) groups is 2. The maximum Gasteiger partial charge on any atom is 0.346 e. The van der Waals surface area contributed by atoms with Gasteiger partial charge in [0.2, 0.25) is 11.8 Å². The van der Waals surface area contributed by atoms with E-state index in [2.05, 4.69) is 5.10 Å². The van der Waals surface area contributed by atoms with Crippen LogP contribution in [0.1, 0.15) is 24.2 Å². The first-order valence-electron chi connectivity index (χ1n) is 8.88. The number of benzene rings is 1. The Kier molecular flexibility index (Phi) is 4.32. The van der Waals surface area contributed by atoms with Crippen LogP contribution in [0.4, 0.5) is 0 Å². The largest absolute Gasteiger partial charge is 0.346 e. The minimum atomic E-state index is -0.258. The summed E-state index contributed by atoms with van der Waals surface area (Å²) >= 11 is 0. The lowest BCUT2D eigenvalue weighted by molar-refractivity contribution is -0.132. The number of hydrogen-bond acceptors (Lipinski definition) is 4. The third-order valence-electron chi connectivity index (χ3n) is 4.91. The minimum absolute atomic E-state index is 0.0496. The zero-order chi connectivity index (χ0) is 18.1. The van der Waals surface area contributed by atoms with E-state index in [1.807, 2.05) is 30.3 Å². The van der Waals surface area contributed by atoms with Crippen LogP contribution in [0.3, 0.4) is 0 Å². The van der Waals surface area contributed by atoms with E-state index in [0.717, 1.165) is 30.7 Å². The predicted molar refractivity (Wildman–Crippen MR) is 93.0 cm³/mol. The highest BCUT2D eigenvalue weighted by Crippen LogP contribution is 2.13. The van der Waals surface area contributed by atoms with E-state index in [1.54, 1.807) is 9.47 Å². The van der Waals surface area contributed by atoms with Gasteiger partial charge in [-0.1, -0.05) is 30.3 Å². The SMILES string of the molecule is O=C(Cn1nc2n(c1=O)CCCC2)N1CC(=O)N(Cc2ccccc2)C1. The van der Waals surface area contributed by atoms with Crippen molar-refractivity contribution in [2.24, 2.45) is 0 Å². The molecule has 1 saturated heterocycles. The van der Waals surface area contributed by atoms with E-state index in [-0.39, 0.29) is 37.3 Å². The lowest BCUT2D eigenvalue weighted by Crippen LogP contribution is -2.37. The molecule has 3 heterocycles. The fourth-order valence-electron chi connectivity index (χ4n) is 3.49. The van der Waals surface area contributed by atoms with Gasteiger partial charge in [0.25, 0.3) is 0 Å². The normalized spacial score (nSPS) is 16.8. The van der Waals surface area contributed by atoms with Crippen LogP contribution in [0.2, 0.25) is 0 Å². The maximum atomic E-state index is 12.6. The first-order chi connectivity index (χ1) is 12.6. The molecule has 0 bridgehead atoms. The Bertz CT molecular complexity index is 886. The Morgan fingerprint density at radius 3 is 2.69 bits per heavy atom. The summed E-state index contributed by atoms with van der Waals surface area (Å²) in [6.07, 6.45) is 2.74. The molecule has 26 heavy (non-hydrogen) atoms. The molecule has 0 aliphatic carbocycles. The Morgan fingerprint density at radius 1 is 1.12 bits per heavy atom. The van der Waals surface area contributed by atoms with Crippen molar-refractivity contribution < 1.29 is 9.59 Å². The molecule has 0 radical (unpaired) electrons. The van der Waals surface area contributed by atoms with Gasteiger partial charge in [-0.3, -0.25) is 14.2 Å². The molecule has 136 valence electrons. The van der Waals surface area contributed by atoms with Gasteiger partial charge in [0.1, 0.15) is 18.9 Å². The van der Waals surface area contributed by atoms with Gasteiger partial charge in [-0.25, -0.2) is 9.48 Å². The van der Waals surface area contributed by atoms with Gasteiger partial charge in [0, 0.05) is 19.5 Å². The van der Waals surface area contributed by atoms with Crippen molar-refractivity contribution in [3.63, 3.8) is 0 Å². The molecule has 1 aromatic carbocycles. The van der Waals surface area contributed by atoms with Crippen LogP contribution in [-0.4, -0.2) is 49.2 Å². The number of carbonyl (C=O) groups excluding carboxylic acids is 2. The number of aromatic nitrogens is 3. The molecule has 1 aromatic heterocycles. The molecule has 0 spiro atoms. The fourth-order valence-corrected chi connectivity index (χ4v) is 3.49. The fraction of sp³-hybridized carbons (Fsp3) is 0.444. The van der Waals surface area contributed by atoms with Gasteiger partial charge in [0.05, 0.1) is 6.67 Å². The third-order valence-corrected chi connectivity index (χ3v) is 4.91. The first-order valence-corrected chi connectivity index (χ1v) is 8.88. The molecule has 2 aliphatic heterocycles. The number of nitrogens with zero attached hydrogens (tertiary/aromatic N) is 5. The zero-order valence-corrected chi connectivity index (χ0v) is 14.5. The average Bonchev–Trinajstić information content (AvgIpc) is 3.17. The van der Waals surface area contributed by atoms with Gasteiger partial charge in [-0.05, 0) is 18.4 Å². The Labute approximate surface area is 150 Å². The summed E-state index contributed by atoms with van der Waals surface area (Å²) in [7, 11) is 0. The summed E-state index contributed by atoms with van der Waals surface area (Å²) in [5.41, 5.74) is 0.785. The molecule has 0 N–H and O–H groups in total. The second-order valence-electron chi connectivity index (χ2n) is 6.78. The van der Waals surface area contributed by atoms with Crippen molar-refractivity contribution in [2.45, 2.75) is 38.9 Å². The summed E-state index contributed by atoms with van der Waals surface area (Å²) in [4.78, 5) is 40.3. The molecule has 8 nitrogen and oxygen atoms in total. The lowest BCUT2D eigenvalue weighted by Gasteiger charge is -2.18. The van der Waals surface area contributed by atoms with E-state index >= 15 is 0 Å². The summed E-state index contributed by atoms with van der Waals surface area (Å²) in [5.74, 6) is 0.405. The molecule has 1 fully saturated rings. The zero-order valence-electron chi connectivity index (χ0n) is 14.5. The van der Waals surface area contributed by atoms with Crippen molar-refractivity contribution in [2.75, 3.05) is 13.2 Å². The van der Waals surface area contributed by atoms with Crippen molar-refractivity contribution >= 4 is 11.8 Å². The lowest BCUT2D eigenvalue weighted by atomic mass is 10.2. The Balaban J connectivity index is 1.42. The highest BCUT2D eigenvalue weighted by molar-refractivity contribution is 5.87. The molecular weight excluding hydrogens is 334 g/mol.